The van der Waals surface area contributed by atoms with Gasteiger partial charge in [0.05, 0.1) is 0 Å². The maximum absolute atomic E-state index is 12.7. The van der Waals surface area contributed by atoms with Crippen molar-refractivity contribution in [2.24, 2.45) is 7.05 Å². The Morgan fingerprint density at radius 2 is 1.94 bits per heavy atom. The van der Waals surface area contributed by atoms with Gasteiger partial charge in [-0.05, 0) is 24.1 Å². The first-order chi connectivity index (χ1) is 8.19. The van der Waals surface area contributed by atoms with Crippen LogP contribution in [-0.4, -0.2) is 21.8 Å². The van der Waals surface area contributed by atoms with Crippen molar-refractivity contribution in [2.45, 2.75) is 12.8 Å². The summed E-state index contributed by atoms with van der Waals surface area (Å²) in [6, 6.07) is 6.55. The molecule has 1 heterocycles. The number of aryl methyl sites for hydroxylation is 3. The second-order valence-electron chi connectivity index (χ2n) is 3.85. The molecule has 90 valence electrons. The van der Waals surface area contributed by atoms with Crippen LogP contribution in [-0.2, 0) is 19.9 Å². The summed E-state index contributed by atoms with van der Waals surface area (Å²) >= 11 is 0. The highest BCUT2D eigenvalue weighted by molar-refractivity contribution is 5.22. The van der Waals surface area contributed by atoms with Crippen LogP contribution in [0.2, 0.25) is 0 Å². The number of halogens is 1. The summed E-state index contributed by atoms with van der Waals surface area (Å²) in [6.07, 6.45) is 1.62. The van der Waals surface area contributed by atoms with Crippen LogP contribution in [0.4, 0.5) is 10.3 Å². The van der Waals surface area contributed by atoms with Crippen molar-refractivity contribution in [3.8, 4) is 0 Å². The van der Waals surface area contributed by atoms with Gasteiger partial charge in [-0.2, -0.15) is 4.98 Å². The SMILES string of the molecule is CNc1nc(CCc2ccc(F)cc2)n(C)n1. The van der Waals surface area contributed by atoms with Crippen molar-refractivity contribution >= 4 is 5.95 Å². The van der Waals surface area contributed by atoms with Gasteiger partial charge in [-0.1, -0.05) is 12.1 Å². The summed E-state index contributed by atoms with van der Waals surface area (Å²) < 4.78 is 14.5. The Kier molecular flexibility index (Phi) is 3.37. The minimum absolute atomic E-state index is 0.204. The Morgan fingerprint density at radius 3 is 2.53 bits per heavy atom. The predicted molar refractivity (Wildman–Crippen MR) is 64.4 cm³/mol. The third-order valence-electron chi connectivity index (χ3n) is 2.63. The lowest BCUT2D eigenvalue weighted by Crippen LogP contribution is -2.01. The van der Waals surface area contributed by atoms with Crippen molar-refractivity contribution in [1.82, 2.24) is 14.8 Å². The van der Waals surface area contributed by atoms with E-state index in [1.165, 1.54) is 12.1 Å². The fourth-order valence-corrected chi connectivity index (χ4v) is 1.65. The molecule has 1 aromatic heterocycles. The molecule has 0 amide bonds. The molecule has 5 heteroatoms. The minimum Gasteiger partial charge on any atom is -0.356 e. The summed E-state index contributed by atoms with van der Waals surface area (Å²) in [5.74, 6) is 1.34. The van der Waals surface area contributed by atoms with Crippen molar-refractivity contribution in [2.75, 3.05) is 12.4 Å². The maximum atomic E-state index is 12.7. The Bertz CT molecular complexity index is 490. The lowest BCUT2D eigenvalue weighted by atomic mass is 10.1. The molecule has 0 unspecified atom stereocenters. The average molecular weight is 234 g/mol. The van der Waals surface area contributed by atoms with E-state index in [0.717, 1.165) is 24.2 Å². The predicted octanol–water partition coefficient (Wildman–Crippen LogP) is 1.78. The topological polar surface area (TPSA) is 42.7 Å². The Morgan fingerprint density at radius 1 is 1.24 bits per heavy atom. The minimum atomic E-state index is -0.204. The molecule has 1 aromatic carbocycles. The van der Waals surface area contributed by atoms with Crippen LogP contribution in [0, 0.1) is 5.82 Å². The quantitative estimate of drug-likeness (QED) is 0.877. The van der Waals surface area contributed by atoms with Crippen LogP contribution in [0.15, 0.2) is 24.3 Å². The Hall–Kier alpha value is -1.91. The molecule has 4 nitrogen and oxygen atoms in total. The molecule has 0 aliphatic heterocycles. The van der Waals surface area contributed by atoms with Crippen molar-refractivity contribution in [3.63, 3.8) is 0 Å². The molecule has 0 atom stereocenters. The van der Waals surface area contributed by atoms with Crippen LogP contribution in [0.3, 0.4) is 0 Å². The molecule has 0 spiro atoms. The first-order valence-corrected chi connectivity index (χ1v) is 5.51. The Labute approximate surface area is 99.5 Å². The molecular formula is C12H15FN4. The van der Waals surface area contributed by atoms with E-state index in [9.17, 15) is 4.39 Å². The van der Waals surface area contributed by atoms with E-state index in [2.05, 4.69) is 15.4 Å². The van der Waals surface area contributed by atoms with Gasteiger partial charge >= 0.3 is 0 Å². The molecule has 2 rings (SSSR count). The van der Waals surface area contributed by atoms with E-state index in [1.54, 1.807) is 23.9 Å². The molecule has 0 aliphatic rings. The average Bonchev–Trinajstić information content (AvgIpc) is 2.69. The summed E-state index contributed by atoms with van der Waals surface area (Å²) in [7, 11) is 3.66. The fourth-order valence-electron chi connectivity index (χ4n) is 1.65. The van der Waals surface area contributed by atoms with Gasteiger partial charge in [0.15, 0.2) is 0 Å². The summed E-state index contributed by atoms with van der Waals surface area (Å²) in [6.45, 7) is 0. The lowest BCUT2D eigenvalue weighted by molar-refractivity contribution is 0.626. The largest absolute Gasteiger partial charge is 0.356 e. The summed E-state index contributed by atoms with van der Waals surface area (Å²) in [5.41, 5.74) is 1.10. The van der Waals surface area contributed by atoms with E-state index in [4.69, 9.17) is 0 Å². The van der Waals surface area contributed by atoms with E-state index >= 15 is 0 Å². The van der Waals surface area contributed by atoms with Gasteiger partial charge < -0.3 is 5.32 Å². The second-order valence-corrected chi connectivity index (χ2v) is 3.85. The van der Waals surface area contributed by atoms with Crippen LogP contribution in [0.5, 0.6) is 0 Å². The van der Waals surface area contributed by atoms with Crippen molar-refractivity contribution in [1.29, 1.82) is 0 Å². The first kappa shape index (κ1) is 11.6. The highest BCUT2D eigenvalue weighted by atomic mass is 19.1. The molecule has 0 aliphatic carbocycles. The van der Waals surface area contributed by atoms with E-state index < -0.39 is 0 Å². The maximum Gasteiger partial charge on any atom is 0.242 e. The van der Waals surface area contributed by atoms with E-state index in [1.807, 2.05) is 7.05 Å². The molecule has 2 aromatic rings. The third kappa shape index (κ3) is 2.81. The number of hydrogen-bond donors (Lipinski definition) is 1. The van der Waals surface area contributed by atoms with Crippen LogP contribution < -0.4 is 5.32 Å². The van der Waals surface area contributed by atoms with E-state index in [-0.39, 0.29) is 5.82 Å². The smallest absolute Gasteiger partial charge is 0.242 e. The molecular weight excluding hydrogens is 219 g/mol. The zero-order valence-electron chi connectivity index (χ0n) is 9.94. The van der Waals surface area contributed by atoms with Gasteiger partial charge in [0.2, 0.25) is 5.95 Å². The molecule has 0 radical (unpaired) electrons. The molecule has 1 N–H and O–H groups in total. The van der Waals surface area contributed by atoms with Gasteiger partial charge in [-0.15, -0.1) is 5.10 Å². The number of hydrogen-bond acceptors (Lipinski definition) is 3. The zero-order valence-corrected chi connectivity index (χ0v) is 9.94. The summed E-state index contributed by atoms with van der Waals surface area (Å²) in [5, 5.41) is 7.09. The number of nitrogens with zero attached hydrogens (tertiary/aromatic N) is 3. The van der Waals surface area contributed by atoms with Gasteiger partial charge in [-0.3, -0.25) is 4.68 Å². The molecule has 0 bridgehead atoms. The second kappa shape index (κ2) is 4.95. The number of aromatic nitrogens is 3. The first-order valence-electron chi connectivity index (χ1n) is 5.51. The molecule has 0 saturated heterocycles. The van der Waals surface area contributed by atoms with E-state index in [0.29, 0.717) is 5.95 Å². The van der Waals surface area contributed by atoms with Gasteiger partial charge in [-0.25, -0.2) is 4.39 Å². The molecule has 17 heavy (non-hydrogen) atoms. The zero-order chi connectivity index (χ0) is 12.3. The normalized spacial score (nSPS) is 10.5. The van der Waals surface area contributed by atoms with Crippen molar-refractivity contribution in [3.05, 3.63) is 41.5 Å². The number of rotatable bonds is 4. The number of anilines is 1. The monoisotopic (exact) mass is 234 g/mol. The standard InChI is InChI=1S/C12H15FN4/c1-14-12-15-11(17(2)16-12)8-5-9-3-6-10(13)7-4-9/h3-4,6-7H,5,8H2,1-2H3,(H,14,16). The summed E-state index contributed by atoms with van der Waals surface area (Å²) in [4.78, 5) is 4.33. The van der Waals surface area contributed by atoms with Gasteiger partial charge in [0.1, 0.15) is 11.6 Å². The highest BCUT2D eigenvalue weighted by Crippen LogP contribution is 2.08. The fraction of sp³-hybridized carbons (Fsp3) is 0.333. The molecule has 0 fully saturated rings. The Balaban J connectivity index is 2.01. The van der Waals surface area contributed by atoms with Gasteiger partial charge in [0.25, 0.3) is 0 Å². The van der Waals surface area contributed by atoms with Gasteiger partial charge in [0, 0.05) is 20.5 Å². The number of benzene rings is 1. The third-order valence-corrected chi connectivity index (χ3v) is 2.63. The van der Waals surface area contributed by atoms with Crippen LogP contribution in [0.25, 0.3) is 0 Å². The molecule has 0 saturated carbocycles. The van der Waals surface area contributed by atoms with Crippen LogP contribution in [0.1, 0.15) is 11.4 Å². The number of nitrogens with one attached hydrogen (secondary N) is 1. The lowest BCUT2D eigenvalue weighted by Gasteiger charge is -2.00. The highest BCUT2D eigenvalue weighted by Gasteiger charge is 2.05. The van der Waals surface area contributed by atoms with Crippen molar-refractivity contribution < 1.29 is 4.39 Å². The van der Waals surface area contributed by atoms with Crippen LogP contribution >= 0.6 is 0 Å².